The standard InChI is InChI=1S/C11H20O3.C4H11NS.C3H8.C3H4.2C2H6/c1-4-10(6-5-9(3)12)8(2)7-11(13)14;1-4(6)2-3-5;2*1-3-2;2*1-2/h8,10H,4-7H2,1-3H3,(H,13,14);4,6H,2-3,5H2,1H3;3H2,1-2H3;1H,2H3;2*1-2H3. The van der Waals surface area contributed by atoms with Gasteiger partial charge in [0.25, 0.3) is 0 Å². The van der Waals surface area contributed by atoms with Gasteiger partial charge in [0.2, 0.25) is 0 Å². The van der Waals surface area contributed by atoms with Gasteiger partial charge in [0.15, 0.2) is 0 Å². The maximum absolute atomic E-state index is 10.8. The van der Waals surface area contributed by atoms with Crippen molar-refractivity contribution in [1.29, 1.82) is 0 Å². The molecule has 0 aliphatic carbocycles. The number of ketones is 1. The zero-order chi connectivity index (χ0) is 25.5. The maximum atomic E-state index is 10.8. The van der Waals surface area contributed by atoms with Gasteiger partial charge < -0.3 is 15.6 Å². The van der Waals surface area contributed by atoms with Crippen LogP contribution in [0.25, 0.3) is 0 Å². The van der Waals surface area contributed by atoms with E-state index in [1.54, 1.807) is 13.8 Å². The van der Waals surface area contributed by atoms with Gasteiger partial charge in [-0.2, -0.15) is 12.6 Å². The van der Waals surface area contributed by atoms with Crippen LogP contribution in [-0.4, -0.2) is 28.7 Å². The highest BCUT2D eigenvalue weighted by Gasteiger charge is 2.18. The van der Waals surface area contributed by atoms with Crippen LogP contribution < -0.4 is 5.73 Å². The molecule has 0 bridgehead atoms. The molecule has 0 aliphatic heterocycles. The average Bonchev–Trinajstić information content (AvgIpc) is 2.66. The molecule has 0 radical (unpaired) electrons. The van der Waals surface area contributed by atoms with E-state index in [9.17, 15) is 9.59 Å². The van der Waals surface area contributed by atoms with Gasteiger partial charge in [0, 0.05) is 18.1 Å². The number of thiol groups is 1. The summed E-state index contributed by atoms with van der Waals surface area (Å²) in [6, 6.07) is 0. The number of hydrogen-bond donors (Lipinski definition) is 3. The molecule has 0 heterocycles. The van der Waals surface area contributed by atoms with Crippen LogP contribution >= 0.6 is 12.6 Å². The Kier molecular flexibility index (Phi) is 60.4. The first-order chi connectivity index (χ1) is 14.1. The summed E-state index contributed by atoms with van der Waals surface area (Å²) in [6.07, 6.45) is 9.41. The van der Waals surface area contributed by atoms with Crippen LogP contribution in [0.5, 0.6) is 0 Å². The Balaban J connectivity index is -0.0000000744. The quantitative estimate of drug-likeness (QED) is 0.256. The summed E-state index contributed by atoms with van der Waals surface area (Å²) in [5, 5.41) is 9.11. The third-order valence-corrected chi connectivity index (χ3v) is 3.54. The molecule has 0 saturated heterocycles. The van der Waals surface area contributed by atoms with Gasteiger partial charge >= 0.3 is 5.97 Å². The molecule has 0 aliphatic rings. The molecule has 3 N–H and O–H groups in total. The highest BCUT2D eigenvalue weighted by molar-refractivity contribution is 7.80. The molecule has 3 atom stereocenters. The minimum atomic E-state index is -0.751. The van der Waals surface area contributed by atoms with Crippen LogP contribution in [0.3, 0.4) is 0 Å². The molecule has 5 heteroatoms. The van der Waals surface area contributed by atoms with E-state index in [2.05, 4.69) is 38.8 Å². The van der Waals surface area contributed by atoms with E-state index in [0.29, 0.717) is 17.6 Å². The number of nitrogens with two attached hydrogens (primary N) is 1. The second kappa shape index (κ2) is 42.2. The lowest BCUT2D eigenvalue weighted by Gasteiger charge is -2.20. The molecule has 0 aromatic carbocycles. The van der Waals surface area contributed by atoms with Crippen LogP contribution in [-0.2, 0) is 9.59 Å². The Labute approximate surface area is 195 Å². The van der Waals surface area contributed by atoms with Gasteiger partial charge in [0.1, 0.15) is 5.78 Å². The fraction of sp³-hybridized carbons (Fsp3) is 0.840. The Morgan fingerprint density at radius 2 is 1.43 bits per heavy atom. The highest BCUT2D eigenvalue weighted by Crippen LogP contribution is 2.23. The largest absolute Gasteiger partial charge is 0.481 e. The molecule has 0 spiro atoms. The van der Waals surface area contributed by atoms with Crippen molar-refractivity contribution in [2.75, 3.05) is 6.54 Å². The Morgan fingerprint density at radius 3 is 1.60 bits per heavy atom. The summed E-state index contributed by atoms with van der Waals surface area (Å²) >= 11 is 4.10. The van der Waals surface area contributed by atoms with Gasteiger partial charge in [-0.05, 0) is 45.1 Å². The molecule has 3 unspecified atom stereocenters. The van der Waals surface area contributed by atoms with Crippen LogP contribution in [0.15, 0.2) is 0 Å². The second-order valence-electron chi connectivity index (χ2n) is 6.41. The number of carbonyl (C=O) groups excluding carboxylic acids is 1. The number of rotatable bonds is 9. The van der Waals surface area contributed by atoms with Gasteiger partial charge in [-0.1, -0.05) is 75.2 Å². The number of Topliss-reactive ketones (excluding diaryl/α,β-unsaturated/α-hetero) is 1. The fourth-order valence-electron chi connectivity index (χ4n) is 1.96. The van der Waals surface area contributed by atoms with E-state index in [-0.39, 0.29) is 18.1 Å². The minimum Gasteiger partial charge on any atom is -0.481 e. The molecule has 30 heavy (non-hydrogen) atoms. The number of terminal acetylenes is 1. The molecule has 184 valence electrons. The van der Waals surface area contributed by atoms with E-state index in [1.165, 1.54) is 6.42 Å². The summed E-state index contributed by atoms with van der Waals surface area (Å²) in [4.78, 5) is 21.3. The van der Waals surface area contributed by atoms with Crippen LogP contribution in [0.4, 0.5) is 0 Å². The van der Waals surface area contributed by atoms with Gasteiger partial charge in [-0.3, -0.25) is 4.79 Å². The molecule has 0 fully saturated rings. The van der Waals surface area contributed by atoms with Gasteiger partial charge in [-0.25, -0.2) is 0 Å². The summed E-state index contributed by atoms with van der Waals surface area (Å²) in [5.41, 5.74) is 5.18. The molecule has 0 saturated carbocycles. The van der Waals surface area contributed by atoms with Crippen molar-refractivity contribution in [3.05, 3.63) is 0 Å². The summed E-state index contributed by atoms with van der Waals surface area (Å²) in [5.74, 6) is 2.21. The lowest BCUT2D eigenvalue weighted by molar-refractivity contribution is -0.138. The van der Waals surface area contributed by atoms with Crippen LogP contribution in [0.2, 0.25) is 0 Å². The Bertz CT molecular complexity index is 353. The van der Waals surface area contributed by atoms with Gasteiger partial charge in [0.05, 0.1) is 0 Å². The predicted octanol–water partition coefficient (Wildman–Crippen LogP) is 7.25. The third kappa shape index (κ3) is 63.2. The normalized spacial score (nSPS) is 11.1. The number of hydrogen-bond acceptors (Lipinski definition) is 4. The zero-order valence-electron chi connectivity index (χ0n) is 22.0. The van der Waals surface area contributed by atoms with E-state index in [4.69, 9.17) is 10.8 Å². The fourth-order valence-corrected chi connectivity index (χ4v) is 2.11. The lowest BCUT2D eigenvalue weighted by atomic mass is 9.85. The van der Waals surface area contributed by atoms with E-state index in [0.717, 1.165) is 25.8 Å². The molecule has 4 nitrogen and oxygen atoms in total. The molecule has 0 amide bonds. The minimum absolute atomic E-state index is 0.164. The second-order valence-corrected chi connectivity index (χ2v) is 7.29. The topological polar surface area (TPSA) is 80.4 Å². The number of carboxylic acids is 1. The van der Waals surface area contributed by atoms with E-state index in [1.807, 2.05) is 48.5 Å². The maximum Gasteiger partial charge on any atom is 0.303 e. The summed E-state index contributed by atoms with van der Waals surface area (Å²) < 4.78 is 0. The van der Waals surface area contributed by atoms with Crippen molar-refractivity contribution < 1.29 is 14.7 Å². The van der Waals surface area contributed by atoms with E-state index < -0.39 is 5.97 Å². The summed E-state index contributed by atoms with van der Waals surface area (Å²) in [7, 11) is 0. The highest BCUT2D eigenvalue weighted by atomic mass is 32.1. The first kappa shape index (κ1) is 43.0. The van der Waals surface area contributed by atoms with E-state index >= 15 is 0 Å². The Hall–Kier alpha value is -0.990. The molecule has 0 aromatic rings. The first-order valence-electron chi connectivity index (χ1n) is 11.5. The monoisotopic (exact) mass is 449 g/mol. The molecular weight excluding hydrogens is 394 g/mol. The SMILES string of the molecule is C#CC.CC.CC.CC(S)CCN.CCC.CCC(CCC(C)=O)C(C)CC(=O)O. The number of aliphatic carboxylic acids is 1. The van der Waals surface area contributed by atoms with Crippen molar-refractivity contribution in [2.45, 2.75) is 120 Å². The summed E-state index contributed by atoms with van der Waals surface area (Å²) in [6.45, 7) is 22.3. The molecule has 0 aromatic heterocycles. The number of carboxylic acid groups (broad SMARTS) is 1. The molecular formula is C25H55NO3S. The van der Waals surface area contributed by atoms with Crippen molar-refractivity contribution >= 4 is 24.4 Å². The predicted molar refractivity (Wildman–Crippen MR) is 140 cm³/mol. The van der Waals surface area contributed by atoms with Crippen LogP contribution in [0.1, 0.15) is 115 Å². The van der Waals surface area contributed by atoms with Crippen molar-refractivity contribution in [2.24, 2.45) is 17.6 Å². The average molecular weight is 450 g/mol. The zero-order valence-corrected chi connectivity index (χ0v) is 22.9. The number of carbonyl (C=O) groups is 2. The molecule has 0 rings (SSSR count). The first-order valence-corrected chi connectivity index (χ1v) is 12.1. The van der Waals surface area contributed by atoms with Crippen LogP contribution in [0, 0.1) is 24.2 Å². The third-order valence-electron chi connectivity index (χ3n) is 3.28. The van der Waals surface area contributed by atoms with Crippen molar-refractivity contribution in [3.8, 4) is 12.3 Å². The lowest BCUT2D eigenvalue weighted by Crippen LogP contribution is -2.15. The van der Waals surface area contributed by atoms with Crippen molar-refractivity contribution in [3.63, 3.8) is 0 Å². The smallest absolute Gasteiger partial charge is 0.303 e. The van der Waals surface area contributed by atoms with Gasteiger partial charge in [-0.15, -0.1) is 12.3 Å². The Morgan fingerprint density at radius 1 is 1.07 bits per heavy atom. The van der Waals surface area contributed by atoms with Crippen molar-refractivity contribution in [1.82, 2.24) is 0 Å².